The van der Waals surface area contributed by atoms with E-state index < -0.39 is 11.9 Å². The monoisotopic (exact) mass is 361 g/mol. The number of hydrogen-bond donors (Lipinski definition) is 4. The molecule has 25 heavy (non-hydrogen) atoms. The van der Waals surface area contributed by atoms with Crippen LogP contribution in [0, 0.1) is 0 Å². The minimum Gasteiger partial charge on any atom is -0.473 e. The normalized spacial score (nSPS) is 15.4. The summed E-state index contributed by atoms with van der Waals surface area (Å²) in [6.45, 7) is 4.20. The number of nitrogens with one attached hydrogen (secondary N) is 1. The molecule has 1 rings (SSSR count). The van der Waals surface area contributed by atoms with E-state index in [0.717, 1.165) is 13.0 Å². The summed E-state index contributed by atoms with van der Waals surface area (Å²) in [7, 11) is 0. The molecule has 1 aliphatic rings. The van der Waals surface area contributed by atoms with Gasteiger partial charge in [0.05, 0.1) is 12.7 Å². The van der Waals surface area contributed by atoms with Gasteiger partial charge in [0, 0.05) is 19.2 Å². The van der Waals surface area contributed by atoms with Crippen molar-refractivity contribution < 1.29 is 29.6 Å². The Morgan fingerprint density at radius 3 is 2.16 bits per heavy atom. The van der Waals surface area contributed by atoms with Crippen LogP contribution in [0.4, 0.5) is 0 Å². The molecule has 4 N–H and O–H groups in total. The van der Waals surface area contributed by atoms with Crippen molar-refractivity contribution >= 4 is 11.9 Å². The summed E-state index contributed by atoms with van der Waals surface area (Å²) in [5.41, 5.74) is 0. The number of carboxylic acids is 2. The van der Waals surface area contributed by atoms with Gasteiger partial charge >= 0.3 is 11.9 Å². The zero-order chi connectivity index (χ0) is 18.9. The average molecular weight is 361 g/mol. The molecule has 1 atom stereocenters. The molecule has 1 fully saturated rings. The third-order valence-electron chi connectivity index (χ3n) is 4.13. The molecular formula is C18H35NO6. The molecular weight excluding hydrogens is 326 g/mol. The molecule has 0 saturated heterocycles. The first-order valence-electron chi connectivity index (χ1n) is 9.42. The molecule has 0 aromatic rings. The van der Waals surface area contributed by atoms with Crippen LogP contribution in [-0.2, 0) is 14.3 Å². The van der Waals surface area contributed by atoms with Crippen LogP contribution in [0.5, 0.6) is 0 Å². The van der Waals surface area contributed by atoms with Crippen molar-refractivity contribution in [1.29, 1.82) is 0 Å². The number of carboxylic acid groups (broad SMARTS) is 2. The first-order chi connectivity index (χ1) is 12.0. The molecule has 0 heterocycles. The summed E-state index contributed by atoms with van der Waals surface area (Å²) in [5, 5.41) is 28.0. The lowest BCUT2D eigenvalue weighted by atomic mass is 10.1. The van der Waals surface area contributed by atoms with Crippen LogP contribution in [0.25, 0.3) is 0 Å². The molecule has 7 nitrogen and oxygen atoms in total. The second kappa shape index (κ2) is 16.3. The molecule has 148 valence electrons. The van der Waals surface area contributed by atoms with E-state index in [2.05, 4.69) is 12.2 Å². The van der Waals surface area contributed by atoms with E-state index in [-0.39, 0.29) is 6.10 Å². The van der Waals surface area contributed by atoms with E-state index in [1.54, 1.807) is 0 Å². The summed E-state index contributed by atoms with van der Waals surface area (Å²) in [4.78, 5) is 18.2. The van der Waals surface area contributed by atoms with E-state index in [9.17, 15) is 5.11 Å². The van der Waals surface area contributed by atoms with Crippen LogP contribution in [0.15, 0.2) is 0 Å². The quantitative estimate of drug-likeness (QED) is 0.311. The standard InChI is InChI=1S/C16H33NO2.C2H2O4/c1-2-3-4-5-6-9-12-19-14-16(18)13-17-15-10-7-8-11-15;3-1(4)2(5)6/h15-18H,2-14H2,1H3;(H,3,4)(H,5,6). The van der Waals surface area contributed by atoms with Gasteiger partial charge < -0.3 is 25.4 Å². The zero-order valence-electron chi connectivity index (χ0n) is 15.4. The first kappa shape index (κ1) is 23.8. The van der Waals surface area contributed by atoms with Crippen molar-refractivity contribution in [3.8, 4) is 0 Å². The van der Waals surface area contributed by atoms with Crippen molar-refractivity contribution in [1.82, 2.24) is 5.32 Å². The van der Waals surface area contributed by atoms with E-state index in [0.29, 0.717) is 19.2 Å². The van der Waals surface area contributed by atoms with E-state index >= 15 is 0 Å². The van der Waals surface area contributed by atoms with Gasteiger partial charge in [-0.2, -0.15) is 0 Å². The highest BCUT2D eigenvalue weighted by Crippen LogP contribution is 2.17. The summed E-state index contributed by atoms with van der Waals surface area (Å²) in [5.74, 6) is -3.65. The van der Waals surface area contributed by atoms with Gasteiger partial charge in [0.25, 0.3) is 0 Å². The zero-order valence-corrected chi connectivity index (χ0v) is 15.4. The summed E-state index contributed by atoms with van der Waals surface area (Å²) in [6, 6.07) is 0.633. The van der Waals surface area contributed by atoms with Gasteiger partial charge in [-0.3, -0.25) is 0 Å². The first-order valence-corrected chi connectivity index (χ1v) is 9.42. The smallest absolute Gasteiger partial charge is 0.414 e. The van der Waals surface area contributed by atoms with Crippen LogP contribution in [-0.4, -0.2) is 59.2 Å². The van der Waals surface area contributed by atoms with Crippen LogP contribution < -0.4 is 5.32 Å². The van der Waals surface area contributed by atoms with Gasteiger partial charge in [-0.15, -0.1) is 0 Å². The maximum Gasteiger partial charge on any atom is 0.414 e. The molecule has 1 saturated carbocycles. The maximum atomic E-state index is 9.79. The fraction of sp³-hybridized carbons (Fsp3) is 0.889. The summed E-state index contributed by atoms with van der Waals surface area (Å²) >= 11 is 0. The SMILES string of the molecule is CCCCCCCCOCC(O)CNC1CCCC1.O=C(O)C(=O)O. The fourth-order valence-electron chi connectivity index (χ4n) is 2.70. The van der Waals surface area contributed by atoms with E-state index in [4.69, 9.17) is 24.5 Å². The topological polar surface area (TPSA) is 116 Å². The minimum absolute atomic E-state index is 0.347. The summed E-state index contributed by atoms with van der Waals surface area (Å²) in [6.07, 6.45) is 12.6. The van der Waals surface area contributed by atoms with Crippen LogP contribution in [0.1, 0.15) is 71.1 Å². The Labute approximate surface area is 150 Å². The highest BCUT2D eigenvalue weighted by Gasteiger charge is 2.15. The van der Waals surface area contributed by atoms with Crippen LogP contribution >= 0.6 is 0 Å². The number of carbonyl (C=O) groups is 2. The second-order valence-electron chi connectivity index (χ2n) is 6.50. The van der Waals surface area contributed by atoms with Gasteiger partial charge in [-0.25, -0.2) is 9.59 Å². The Bertz CT molecular complexity index is 332. The van der Waals surface area contributed by atoms with E-state index in [1.165, 1.54) is 57.8 Å². The molecule has 0 radical (unpaired) electrons. The Morgan fingerprint density at radius 2 is 1.60 bits per heavy atom. The lowest BCUT2D eigenvalue weighted by Crippen LogP contribution is -2.36. The van der Waals surface area contributed by atoms with Gasteiger partial charge in [0.1, 0.15) is 0 Å². The van der Waals surface area contributed by atoms with Gasteiger partial charge in [-0.1, -0.05) is 51.9 Å². The second-order valence-corrected chi connectivity index (χ2v) is 6.50. The predicted molar refractivity (Wildman–Crippen MR) is 95.7 cm³/mol. The fourth-order valence-corrected chi connectivity index (χ4v) is 2.70. The molecule has 0 aliphatic heterocycles. The molecule has 1 unspecified atom stereocenters. The molecule has 0 spiro atoms. The van der Waals surface area contributed by atoms with Gasteiger partial charge in [0.2, 0.25) is 0 Å². The molecule has 1 aliphatic carbocycles. The van der Waals surface area contributed by atoms with Crippen molar-refractivity contribution in [3.05, 3.63) is 0 Å². The predicted octanol–water partition coefficient (Wildman–Crippen LogP) is 2.41. The van der Waals surface area contributed by atoms with Gasteiger partial charge in [-0.05, 0) is 19.3 Å². The van der Waals surface area contributed by atoms with Crippen molar-refractivity contribution in [3.63, 3.8) is 0 Å². The number of unbranched alkanes of at least 4 members (excludes halogenated alkanes) is 5. The lowest BCUT2D eigenvalue weighted by Gasteiger charge is -2.16. The van der Waals surface area contributed by atoms with E-state index in [1.807, 2.05) is 0 Å². The Hall–Kier alpha value is -1.18. The molecule has 0 bridgehead atoms. The molecule has 0 aromatic heterocycles. The maximum absolute atomic E-state index is 9.79. The molecule has 0 amide bonds. The van der Waals surface area contributed by atoms with Crippen LogP contribution in [0.3, 0.4) is 0 Å². The number of hydrogen-bond acceptors (Lipinski definition) is 5. The van der Waals surface area contributed by atoms with Crippen molar-refractivity contribution in [2.75, 3.05) is 19.8 Å². The Balaban J connectivity index is 0.000000823. The average Bonchev–Trinajstić information content (AvgIpc) is 3.09. The van der Waals surface area contributed by atoms with Crippen molar-refractivity contribution in [2.45, 2.75) is 83.3 Å². The number of rotatable bonds is 12. The third kappa shape index (κ3) is 16.1. The van der Waals surface area contributed by atoms with Crippen LogP contribution in [0.2, 0.25) is 0 Å². The highest BCUT2D eigenvalue weighted by molar-refractivity contribution is 6.27. The largest absolute Gasteiger partial charge is 0.473 e. The van der Waals surface area contributed by atoms with Gasteiger partial charge in [0.15, 0.2) is 0 Å². The number of aliphatic carboxylic acids is 2. The third-order valence-corrected chi connectivity index (χ3v) is 4.13. The minimum atomic E-state index is -1.82. The molecule has 0 aromatic carbocycles. The lowest BCUT2D eigenvalue weighted by molar-refractivity contribution is -0.159. The number of aliphatic hydroxyl groups excluding tert-OH is 1. The molecule has 7 heteroatoms. The summed E-state index contributed by atoms with van der Waals surface area (Å²) < 4.78 is 5.53. The number of aliphatic hydroxyl groups is 1. The number of ether oxygens (including phenoxy) is 1. The highest BCUT2D eigenvalue weighted by atomic mass is 16.5. The Kier molecular flexibility index (Phi) is 15.5. The Morgan fingerprint density at radius 1 is 1.04 bits per heavy atom. The van der Waals surface area contributed by atoms with Crippen molar-refractivity contribution in [2.24, 2.45) is 0 Å².